The maximum Gasteiger partial charge on any atom is 0.0947 e. The van der Waals surface area contributed by atoms with Gasteiger partial charge in [-0.2, -0.15) is 0 Å². The van der Waals surface area contributed by atoms with Gasteiger partial charge in [0.1, 0.15) is 0 Å². The first-order valence-electron chi connectivity index (χ1n) is 6.73. The zero-order chi connectivity index (χ0) is 13.5. The van der Waals surface area contributed by atoms with Gasteiger partial charge in [-0.3, -0.25) is 0 Å². The van der Waals surface area contributed by atoms with Gasteiger partial charge in [0.15, 0.2) is 0 Å². The van der Waals surface area contributed by atoms with E-state index in [1.54, 1.807) is 12.5 Å². The molecule has 2 aromatic rings. The van der Waals surface area contributed by atoms with Crippen LogP contribution >= 0.6 is 0 Å². The van der Waals surface area contributed by atoms with Crippen LogP contribution in [0.15, 0.2) is 53.3 Å². The molecule has 1 heterocycles. The Bertz CT molecular complexity index is 453. The van der Waals surface area contributed by atoms with Gasteiger partial charge in [0.25, 0.3) is 0 Å². The van der Waals surface area contributed by atoms with Crippen molar-refractivity contribution in [1.82, 2.24) is 4.90 Å². The monoisotopic (exact) mass is 258 g/mol. The molecule has 0 bridgehead atoms. The normalized spacial score (nSPS) is 12.8. The number of hydrogen-bond donors (Lipinski definition) is 1. The summed E-state index contributed by atoms with van der Waals surface area (Å²) in [5.41, 5.74) is 8.74. The standard InChI is InChI=1S/C16H22N2O/c1-18(11-15-9-10-19-13-15)12-16(17)8-7-14-5-3-2-4-6-14/h2-6,9-10,13,16H,7-8,11-12,17H2,1H3. The molecular formula is C16H22N2O. The van der Waals surface area contributed by atoms with Gasteiger partial charge in [-0.15, -0.1) is 0 Å². The molecule has 3 heteroatoms. The fourth-order valence-corrected chi connectivity index (χ4v) is 2.25. The molecule has 1 atom stereocenters. The largest absolute Gasteiger partial charge is 0.472 e. The summed E-state index contributed by atoms with van der Waals surface area (Å²) in [5.74, 6) is 0. The Morgan fingerprint density at radius 3 is 2.63 bits per heavy atom. The average Bonchev–Trinajstić information content (AvgIpc) is 2.90. The van der Waals surface area contributed by atoms with Crippen molar-refractivity contribution in [3.8, 4) is 0 Å². The Morgan fingerprint density at radius 2 is 1.95 bits per heavy atom. The molecule has 2 N–H and O–H groups in total. The third kappa shape index (κ3) is 4.89. The summed E-state index contributed by atoms with van der Waals surface area (Å²) in [6.45, 7) is 1.79. The van der Waals surface area contributed by atoms with Crippen LogP contribution in [0, 0.1) is 0 Å². The summed E-state index contributed by atoms with van der Waals surface area (Å²) in [4.78, 5) is 2.24. The first-order chi connectivity index (χ1) is 9.24. The molecular weight excluding hydrogens is 236 g/mol. The average molecular weight is 258 g/mol. The van der Waals surface area contributed by atoms with Gasteiger partial charge in [-0.05, 0) is 31.5 Å². The van der Waals surface area contributed by atoms with Crippen LogP contribution in [0.1, 0.15) is 17.5 Å². The van der Waals surface area contributed by atoms with Crippen molar-refractivity contribution in [3.63, 3.8) is 0 Å². The van der Waals surface area contributed by atoms with Crippen LogP contribution in [-0.2, 0) is 13.0 Å². The lowest BCUT2D eigenvalue weighted by atomic mass is 10.1. The molecule has 0 saturated heterocycles. The predicted molar refractivity (Wildman–Crippen MR) is 77.8 cm³/mol. The summed E-state index contributed by atoms with van der Waals surface area (Å²) >= 11 is 0. The van der Waals surface area contributed by atoms with E-state index in [0.29, 0.717) is 0 Å². The van der Waals surface area contributed by atoms with E-state index < -0.39 is 0 Å². The fourth-order valence-electron chi connectivity index (χ4n) is 2.25. The highest BCUT2D eigenvalue weighted by Gasteiger charge is 2.08. The molecule has 0 aliphatic rings. The van der Waals surface area contributed by atoms with Crippen molar-refractivity contribution >= 4 is 0 Å². The molecule has 2 rings (SSSR count). The van der Waals surface area contributed by atoms with Gasteiger partial charge in [0.2, 0.25) is 0 Å². The van der Waals surface area contributed by atoms with Crippen LogP contribution in [0.3, 0.4) is 0 Å². The van der Waals surface area contributed by atoms with E-state index >= 15 is 0 Å². The molecule has 0 aliphatic carbocycles. The van der Waals surface area contributed by atoms with Crippen LogP contribution in [0.25, 0.3) is 0 Å². The SMILES string of the molecule is CN(Cc1ccoc1)CC(N)CCc1ccccc1. The second-order valence-corrected chi connectivity index (χ2v) is 5.11. The molecule has 0 fully saturated rings. The fraction of sp³-hybridized carbons (Fsp3) is 0.375. The van der Waals surface area contributed by atoms with Gasteiger partial charge in [-0.1, -0.05) is 30.3 Å². The summed E-state index contributed by atoms with van der Waals surface area (Å²) in [6.07, 6.45) is 5.55. The number of benzene rings is 1. The third-order valence-corrected chi connectivity index (χ3v) is 3.23. The minimum Gasteiger partial charge on any atom is -0.472 e. The first kappa shape index (κ1) is 13.8. The quantitative estimate of drug-likeness (QED) is 0.830. The molecule has 1 aromatic carbocycles. The Kier molecular flexibility index (Phi) is 5.19. The molecule has 0 saturated carbocycles. The lowest BCUT2D eigenvalue weighted by Gasteiger charge is -2.20. The second-order valence-electron chi connectivity index (χ2n) is 5.11. The van der Waals surface area contributed by atoms with Crippen LogP contribution in [0.2, 0.25) is 0 Å². The van der Waals surface area contributed by atoms with E-state index in [-0.39, 0.29) is 6.04 Å². The van der Waals surface area contributed by atoms with Gasteiger partial charge in [0, 0.05) is 24.7 Å². The second kappa shape index (κ2) is 7.12. The number of aryl methyl sites for hydroxylation is 1. The predicted octanol–water partition coefficient (Wildman–Crippen LogP) is 2.67. The molecule has 1 unspecified atom stereocenters. The summed E-state index contributed by atoms with van der Waals surface area (Å²) in [6, 6.07) is 12.7. The van der Waals surface area contributed by atoms with Gasteiger partial charge >= 0.3 is 0 Å². The Hall–Kier alpha value is -1.58. The molecule has 0 spiro atoms. The van der Waals surface area contributed by atoms with E-state index in [9.17, 15) is 0 Å². The van der Waals surface area contributed by atoms with Crippen molar-refractivity contribution in [2.24, 2.45) is 5.73 Å². The van der Waals surface area contributed by atoms with Crippen molar-refractivity contribution in [2.45, 2.75) is 25.4 Å². The molecule has 19 heavy (non-hydrogen) atoms. The number of nitrogens with two attached hydrogens (primary N) is 1. The summed E-state index contributed by atoms with van der Waals surface area (Å²) in [5, 5.41) is 0. The maximum atomic E-state index is 6.19. The van der Waals surface area contributed by atoms with Crippen molar-refractivity contribution in [1.29, 1.82) is 0 Å². The molecule has 0 amide bonds. The van der Waals surface area contributed by atoms with E-state index in [1.807, 2.05) is 12.1 Å². The number of rotatable bonds is 7. The summed E-state index contributed by atoms with van der Waals surface area (Å²) in [7, 11) is 2.09. The van der Waals surface area contributed by atoms with E-state index in [1.165, 1.54) is 11.1 Å². The zero-order valence-corrected chi connectivity index (χ0v) is 11.5. The molecule has 0 radical (unpaired) electrons. The number of nitrogens with zero attached hydrogens (tertiary/aromatic N) is 1. The summed E-state index contributed by atoms with van der Waals surface area (Å²) < 4.78 is 5.07. The minimum absolute atomic E-state index is 0.206. The maximum absolute atomic E-state index is 6.19. The van der Waals surface area contributed by atoms with E-state index in [4.69, 9.17) is 10.2 Å². The zero-order valence-electron chi connectivity index (χ0n) is 11.5. The van der Waals surface area contributed by atoms with Crippen molar-refractivity contribution in [2.75, 3.05) is 13.6 Å². The van der Waals surface area contributed by atoms with E-state index in [2.05, 4.69) is 36.2 Å². The van der Waals surface area contributed by atoms with Crippen LogP contribution in [0.5, 0.6) is 0 Å². The highest BCUT2D eigenvalue weighted by atomic mass is 16.3. The number of hydrogen-bond acceptors (Lipinski definition) is 3. The van der Waals surface area contributed by atoms with Crippen LogP contribution in [-0.4, -0.2) is 24.5 Å². The van der Waals surface area contributed by atoms with Gasteiger partial charge in [-0.25, -0.2) is 0 Å². The number of likely N-dealkylation sites (N-methyl/N-ethyl adjacent to an activating group) is 1. The highest BCUT2D eigenvalue weighted by molar-refractivity contribution is 5.14. The Balaban J connectivity index is 1.70. The first-order valence-corrected chi connectivity index (χ1v) is 6.73. The Labute approximate surface area is 115 Å². The number of furan rings is 1. The Morgan fingerprint density at radius 1 is 1.16 bits per heavy atom. The third-order valence-electron chi connectivity index (χ3n) is 3.23. The smallest absolute Gasteiger partial charge is 0.0947 e. The van der Waals surface area contributed by atoms with Crippen LogP contribution in [0.4, 0.5) is 0 Å². The van der Waals surface area contributed by atoms with Gasteiger partial charge in [0.05, 0.1) is 12.5 Å². The lowest BCUT2D eigenvalue weighted by Crippen LogP contribution is -2.35. The lowest BCUT2D eigenvalue weighted by molar-refractivity contribution is 0.297. The molecule has 102 valence electrons. The molecule has 0 aliphatic heterocycles. The molecule has 1 aromatic heterocycles. The van der Waals surface area contributed by atoms with Gasteiger partial charge < -0.3 is 15.1 Å². The highest BCUT2D eigenvalue weighted by Crippen LogP contribution is 2.07. The molecule has 3 nitrogen and oxygen atoms in total. The topological polar surface area (TPSA) is 42.4 Å². The minimum atomic E-state index is 0.206. The van der Waals surface area contributed by atoms with Crippen LogP contribution < -0.4 is 5.73 Å². The van der Waals surface area contributed by atoms with Crippen molar-refractivity contribution < 1.29 is 4.42 Å². The van der Waals surface area contributed by atoms with E-state index in [0.717, 1.165) is 25.9 Å². The van der Waals surface area contributed by atoms with Crippen molar-refractivity contribution in [3.05, 3.63) is 60.1 Å².